The van der Waals surface area contributed by atoms with E-state index >= 15 is 0 Å². The summed E-state index contributed by atoms with van der Waals surface area (Å²) in [5.74, 6) is -0.220. The average molecular weight is 501 g/mol. The number of nitrogens with one attached hydrogen (secondary N) is 1. The summed E-state index contributed by atoms with van der Waals surface area (Å²) in [4.78, 5) is 29.9. The average Bonchev–Trinajstić information content (AvgIpc) is 2.86. The third-order valence-electron chi connectivity index (χ3n) is 5.77. The third kappa shape index (κ3) is 6.65. The Morgan fingerprint density at radius 1 is 1.06 bits per heavy atom. The van der Waals surface area contributed by atoms with Crippen molar-refractivity contribution in [2.75, 3.05) is 18.1 Å². The molecule has 1 heterocycles. The molecule has 1 aliphatic rings. The van der Waals surface area contributed by atoms with Gasteiger partial charge < -0.3 is 15.0 Å². The predicted molar refractivity (Wildman–Crippen MR) is 147 cm³/mol. The fourth-order valence-corrected chi connectivity index (χ4v) is 5.04. The number of carbonyl (C=O) groups is 2. The summed E-state index contributed by atoms with van der Waals surface area (Å²) >= 11 is 1.45. The van der Waals surface area contributed by atoms with Crippen LogP contribution >= 0.6 is 11.8 Å². The topological polar surface area (TPSA) is 58.6 Å². The zero-order valence-electron chi connectivity index (χ0n) is 21.0. The number of rotatable bonds is 9. The first-order valence-electron chi connectivity index (χ1n) is 12.3. The van der Waals surface area contributed by atoms with Gasteiger partial charge in [-0.3, -0.25) is 9.59 Å². The molecule has 0 spiro atoms. The lowest BCUT2D eigenvalue weighted by Crippen LogP contribution is -2.34. The van der Waals surface area contributed by atoms with Crippen molar-refractivity contribution in [2.24, 2.45) is 0 Å². The molecule has 5 nitrogen and oxygen atoms in total. The van der Waals surface area contributed by atoms with Crippen LogP contribution in [0.3, 0.4) is 0 Å². The highest BCUT2D eigenvalue weighted by atomic mass is 32.2. The minimum Gasteiger partial charge on any atom is -0.379 e. The first-order chi connectivity index (χ1) is 17.4. The molecule has 3 aromatic carbocycles. The number of ether oxygens (including phenoxy) is 1. The van der Waals surface area contributed by atoms with Gasteiger partial charge in [0.25, 0.3) is 11.8 Å². The Hall–Kier alpha value is -3.35. The number of thioether (sulfide) groups is 1. The minimum absolute atomic E-state index is 0.0683. The maximum absolute atomic E-state index is 13.7. The molecule has 0 fully saturated rings. The van der Waals surface area contributed by atoms with Gasteiger partial charge >= 0.3 is 0 Å². The quantitative estimate of drug-likeness (QED) is 0.280. The fourth-order valence-electron chi connectivity index (χ4n) is 4.00. The van der Waals surface area contributed by atoms with Crippen LogP contribution in [0, 0.1) is 6.92 Å². The maximum Gasteiger partial charge on any atom is 0.265 e. The van der Waals surface area contributed by atoms with Gasteiger partial charge in [-0.15, -0.1) is 0 Å². The first-order valence-corrected chi connectivity index (χ1v) is 13.1. The SMILES string of the molecule is Cc1cccc(CN2C(=O)/C(=C/c3ccccc3)Sc3ccc(C(=O)NCCCOC(C)C)cc32)c1. The van der Waals surface area contributed by atoms with Crippen molar-refractivity contribution in [3.05, 3.63) is 100.0 Å². The molecule has 0 bridgehead atoms. The van der Waals surface area contributed by atoms with Crippen molar-refractivity contribution in [3.8, 4) is 0 Å². The van der Waals surface area contributed by atoms with E-state index in [9.17, 15) is 9.59 Å². The number of hydrogen-bond donors (Lipinski definition) is 1. The Labute approximate surface area is 217 Å². The molecule has 0 radical (unpaired) electrons. The largest absolute Gasteiger partial charge is 0.379 e. The van der Waals surface area contributed by atoms with E-state index in [2.05, 4.69) is 11.4 Å². The lowest BCUT2D eigenvalue weighted by atomic mass is 10.1. The monoisotopic (exact) mass is 500 g/mol. The van der Waals surface area contributed by atoms with E-state index in [0.717, 1.165) is 33.7 Å². The molecule has 0 aliphatic carbocycles. The molecule has 6 heteroatoms. The van der Waals surface area contributed by atoms with E-state index in [1.807, 2.05) is 93.6 Å². The number of anilines is 1. The van der Waals surface area contributed by atoms with E-state index < -0.39 is 0 Å². The molecule has 36 heavy (non-hydrogen) atoms. The van der Waals surface area contributed by atoms with Crippen molar-refractivity contribution in [1.29, 1.82) is 0 Å². The number of fused-ring (bicyclic) bond motifs is 1. The highest BCUT2D eigenvalue weighted by Crippen LogP contribution is 2.43. The van der Waals surface area contributed by atoms with Crippen LogP contribution in [0.5, 0.6) is 0 Å². The lowest BCUT2D eigenvalue weighted by Gasteiger charge is -2.31. The molecular weight excluding hydrogens is 468 g/mol. The highest BCUT2D eigenvalue weighted by molar-refractivity contribution is 8.04. The van der Waals surface area contributed by atoms with E-state index in [1.165, 1.54) is 11.8 Å². The van der Waals surface area contributed by atoms with Crippen molar-refractivity contribution >= 4 is 35.3 Å². The van der Waals surface area contributed by atoms with Crippen LogP contribution in [0.15, 0.2) is 82.6 Å². The van der Waals surface area contributed by atoms with Crippen LogP contribution in [0.2, 0.25) is 0 Å². The molecule has 3 aromatic rings. The zero-order chi connectivity index (χ0) is 25.5. The number of nitrogens with zero attached hydrogens (tertiary/aromatic N) is 1. The summed E-state index contributed by atoms with van der Waals surface area (Å²) in [5.41, 5.74) is 4.45. The second kappa shape index (κ2) is 12.1. The number of hydrogen-bond acceptors (Lipinski definition) is 4. The van der Waals surface area contributed by atoms with Crippen LogP contribution in [-0.4, -0.2) is 31.1 Å². The van der Waals surface area contributed by atoms with Gasteiger partial charge in [-0.2, -0.15) is 0 Å². The molecule has 1 N–H and O–H groups in total. The zero-order valence-corrected chi connectivity index (χ0v) is 21.8. The molecule has 2 amide bonds. The predicted octanol–water partition coefficient (Wildman–Crippen LogP) is 6.22. The second-order valence-electron chi connectivity index (χ2n) is 9.11. The van der Waals surface area contributed by atoms with Gasteiger partial charge in [0, 0.05) is 23.6 Å². The molecule has 0 unspecified atom stereocenters. The summed E-state index contributed by atoms with van der Waals surface area (Å²) in [6, 6.07) is 23.6. The number of amides is 2. The van der Waals surface area contributed by atoms with Crippen LogP contribution in [-0.2, 0) is 16.1 Å². The summed E-state index contributed by atoms with van der Waals surface area (Å²) in [6.45, 7) is 7.60. The Balaban J connectivity index is 1.60. The van der Waals surface area contributed by atoms with Gasteiger partial charge in [0.15, 0.2) is 0 Å². The first kappa shape index (κ1) is 25.7. The van der Waals surface area contributed by atoms with E-state index in [-0.39, 0.29) is 17.9 Å². The minimum atomic E-state index is -0.152. The van der Waals surface area contributed by atoms with E-state index in [0.29, 0.717) is 30.2 Å². The third-order valence-corrected chi connectivity index (χ3v) is 6.84. The van der Waals surface area contributed by atoms with Gasteiger partial charge in [-0.05, 0) is 62.6 Å². The van der Waals surface area contributed by atoms with Crippen LogP contribution < -0.4 is 10.2 Å². The molecule has 1 aliphatic heterocycles. The molecule has 4 rings (SSSR count). The number of aryl methyl sites for hydroxylation is 1. The maximum atomic E-state index is 13.7. The standard InChI is InChI=1S/C30H32N2O3S/c1-21(2)35-16-8-15-31-29(33)25-13-14-27-26(19-25)32(20-24-12-7-9-22(3)17-24)30(34)28(36-27)18-23-10-5-4-6-11-23/h4-7,9-14,17-19,21H,8,15-16,20H2,1-3H3,(H,31,33)/b28-18-. The highest BCUT2D eigenvalue weighted by Gasteiger charge is 2.30. The van der Waals surface area contributed by atoms with Crippen molar-refractivity contribution < 1.29 is 14.3 Å². The van der Waals surface area contributed by atoms with Gasteiger partial charge in [-0.25, -0.2) is 0 Å². The van der Waals surface area contributed by atoms with Crippen molar-refractivity contribution in [2.45, 2.75) is 44.7 Å². The Bertz CT molecular complexity index is 1250. The van der Waals surface area contributed by atoms with Crippen LogP contribution in [0.1, 0.15) is 47.3 Å². The number of benzene rings is 3. The number of carbonyl (C=O) groups excluding carboxylic acids is 2. The van der Waals surface area contributed by atoms with Gasteiger partial charge in [0.2, 0.25) is 0 Å². The van der Waals surface area contributed by atoms with Gasteiger partial charge in [-0.1, -0.05) is 71.9 Å². The molecule has 0 atom stereocenters. The fraction of sp³-hybridized carbons (Fsp3) is 0.267. The summed E-state index contributed by atoms with van der Waals surface area (Å²) in [5, 5.41) is 2.96. The molecule has 0 saturated carbocycles. The molecule has 0 aromatic heterocycles. The lowest BCUT2D eigenvalue weighted by molar-refractivity contribution is -0.114. The van der Waals surface area contributed by atoms with Gasteiger partial charge in [0.1, 0.15) is 0 Å². The van der Waals surface area contributed by atoms with E-state index in [1.54, 1.807) is 4.90 Å². The Kier molecular flexibility index (Phi) is 8.62. The summed E-state index contributed by atoms with van der Waals surface area (Å²) in [7, 11) is 0. The summed E-state index contributed by atoms with van der Waals surface area (Å²) in [6.07, 6.45) is 2.85. The Morgan fingerprint density at radius 3 is 2.61 bits per heavy atom. The smallest absolute Gasteiger partial charge is 0.265 e. The molecular formula is C30H32N2O3S. The van der Waals surface area contributed by atoms with Crippen LogP contribution in [0.4, 0.5) is 5.69 Å². The van der Waals surface area contributed by atoms with E-state index in [4.69, 9.17) is 4.74 Å². The Morgan fingerprint density at radius 2 is 1.86 bits per heavy atom. The van der Waals surface area contributed by atoms with Crippen LogP contribution in [0.25, 0.3) is 6.08 Å². The second-order valence-corrected chi connectivity index (χ2v) is 10.2. The molecule has 0 saturated heterocycles. The normalized spacial score (nSPS) is 14.3. The molecule has 186 valence electrons. The van der Waals surface area contributed by atoms with Gasteiger partial charge in [0.05, 0.1) is 23.2 Å². The van der Waals surface area contributed by atoms with Crippen molar-refractivity contribution in [3.63, 3.8) is 0 Å². The van der Waals surface area contributed by atoms with Crippen molar-refractivity contribution in [1.82, 2.24) is 5.32 Å². The summed E-state index contributed by atoms with van der Waals surface area (Å²) < 4.78 is 5.54.